The molecule has 0 N–H and O–H groups in total. The zero-order valence-electron chi connectivity index (χ0n) is 13.6. The van der Waals surface area contributed by atoms with Gasteiger partial charge in [-0.2, -0.15) is 0 Å². The van der Waals surface area contributed by atoms with Crippen LogP contribution >= 0.6 is 8.81 Å². The Bertz CT molecular complexity index is 225. The molecule has 1 atom stereocenters. The van der Waals surface area contributed by atoms with Crippen molar-refractivity contribution in [2.45, 2.75) is 44.7 Å². The monoisotopic (exact) mass is 397 g/mol. The van der Waals surface area contributed by atoms with E-state index >= 15 is 0 Å². The summed E-state index contributed by atoms with van der Waals surface area (Å²) in [5, 5.41) is 0. The fourth-order valence-electron chi connectivity index (χ4n) is 1.67. The van der Waals surface area contributed by atoms with Crippen LogP contribution in [0.5, 0.6) is 0 Å². The van der Waals surface area contributed by atoms with Gasteiger partial charge in [-0.05, 0) is 45.3 Å². The second-order valence-corrected chi connectivity index (χ2v) is 12.5. The first-order chi connectivity index (χ1) is 10.1. The molecule has 0 aromatic heterocycles. The van der Waals surface area contributed by atoms with Crippen LogP contribution in [0.1, 0.15) is 6.42 Å². The van der Waals surface area contributed by atoms with Crippen molar-refractivity contribution in [2.24, 2.45) is 0 Å². The summed E-state index contributed by atoms with van der Waals surface area (Å²) in [6.45, 7) is 11.7. The van der Waals surface area contributed by atoms with Gasteiger partial charge in [0.05, 0.1) is 13.2 Å². The Balaban J connectivity index is 4.04. The van der Waals surface area contributed by atoms with E-state index in [4.69, 9.17) is 21.3 Å². The van der Waals surface area contributed by atoms with Gasteiger partial charge in [-0.1, -0.05) is 0 Å². The van der Waals surface area contributed by atoms with E-state index in [2.05, 4.69) is 6.55 Å². The van der Waals surface area contributed by atoms with Crippen LogP contribution in [-0.4, -0.2) is 67.0 Å². The van der Waals surface area contributed by atoms with Gasteiger partial charge < -0.3 is 21.3 Å². The molecule has 0 aromatic carbocycles. The maximum atomic E-state index is 5.89. The van der Waals surface area contributed by atoms with Gasteiger partial charge in [0.1, 0.15) is 0 Å². The zero-order valence-corrected chi connectivity index (χ0v) is 19.6. The average Bonchev–Trinajstić information content (AvgIpc) is 2.44. The zero-order chi connectivity index (χ0) is 16.0. The first kappa shape index (κ1) is 22.3. The molecule has 0 aliphatic rings. The normalized spacial score (nSPS) is 12.9. The third-order valence-electron chi connectivity index (χ3n) is 2.46. The molecule has 0 fully saturated rings. The highest BCUT2D eigenvalue weighted by Crippen LogP contribution is 2.19. The summed E-state index contributed by atoms with van der Waals surface area (Å²) >= 11 is 0. The van der Waals surface area contributed by atoms with Gasteiger partial charge in [0.15, 0.2) is 0 Å². The molecule has 0 aliphatic carbocycles. The quantitative estimate of drug-likeness (QED) is 0.241. The molecule has 1 unspecified atom stereocenters. The van der Waals surface area contributed by atoms with Crippen LogP contribution in [0, 0.1) is 0 Å². The molecule has 0 aromatic rings. The first-order valence-corrected chi connectivity index (χ1v) is 16.6. The molecule has 0 heterocycles. The second kappa shape index (κ2) is 14.9. The van der Waals surface area contributed by atoms with Crippen LogP contribution in [0.2, 0.25) is 38.3 Å². The predicted molar refractivity (Wildman–Crippen MR) is 95.9 cm³/mol. The van der Waals surface area contributed by atoms with Crippen molar-refractivity contribution in [2.75, 3.05) is 19.9 Å². The lowest BCUT2D eigenvalue weighted by molar-refractivity contribution is 0.235. The highest BCUT2D eigenvalue weighted by Gasteiger charge is 2.38. The van der Waals surface area contributed by atoms with E-state index in [1.54, 1.807) is 0 Å². The van der Waals surface area contributed by atoms with Gasteiger partial charge in [-0.3, -0.25) is 0 Å². The van der Waals surface area contributed by atoms with Gasteiger partial charge >= 0.3 is 8.80 Å². The lowest BCUT2D eigenvalue weighted by Crippen LogP contribution is -2.47. The Hall–Kier alpha value is 1.31. The summed E-state index contributed by atoms with van der Waals surface area (Å²) in [6.07, 6.45) is 1.05. The van der Waals surface area contributed by atoms with E-state index in [9.17, 15) is 0 Å². The Morgan fingerprint density at radius 2 is 1.57 bits per heavy atom. The smallest absolute Gasteiger partial charge is 0.416 e. The molecular weight excluding hydrogens is 372 g/mol. The average molecular weight is 398 g/mol. The number of hydrogen-bond acceptors (Lipinski definition) is 5. The molecule has 5 nitrogen and oxygen atoms in total. The summed E-state index contributed by atoms with van der Waals surface area (Å²) in [6, 6.07) is 1.99. The molecule has 121 valence electrons. The van der Waals surface area contributed by atoms with Crippen LogP contribution in [0.15, 0.2) is 0 Å². The number of rotatable bonds is 15. The van der Waals surface area contributed by atoms with Gasteiger partial charge in [-0.25, -0.2) is 0 Å². The molecule has 0 aliphatic heterocycles. The third kappa shape index (κ3) is 11.5. The molecule has 7 radical (unpaired) electrons. The van der Waals surface area contributed by atoms with Crippen molar-refractivity contribution >= 4 is 55.9 Å². The van der Waals surface area contributed by atoms with Crippen LogP contribution in [-0.2, 0) is 21.3 Å². The Labute approximate surface area is 142 Å². The van der Waals surface area contributed by atoms with Crippen LogP contribution < -0.4 is 0 Å². The fraction of sp³-hybridized carbons (Fsp3) is 1.00. The lowest BCUT2D eigenvalue weighted by atomic mass is 10.6. The van der Waals surface area contributed by atoms with Gasteiger partial charge in [-0.15, -0.1) is 0 Å². The van der Waals surface area contributed by atoms with Crippen molar-refractivity contribution in [3.05, 3.63) is 0 Å². The topological polar surface area (TPSA) is 46.2 Å². The molecule has 11 heteroatoms. The molecule has 0 bridgehead atoms. The predicted octanol–water partition coefficient (Wildman–Crippen LogP) is 2.24. The molecule has 0 amide bonds. The van der Waals surface area contributed by atoms with Crippen molar-refractivity contribution in [1.82, 2.24) is 0 Å². The summed E-state index contributed by atoms with van der Waals surface area (Å²) in [5.74, 6) is 0. The van der Waals surface area contributed by atoms with E-state index in [0.717, 1.165) is 18.5 Å². The van der Waals surface area contributed by atoms with E-state index in [0.29, 0.717) is 51.3 Å². The SMILES string of the molecule is C[Si]O[Si](CCC[Si](C)OCCOPC)(O[Si]C)O[Si]C. The molecule has 0 saturated carbocycles. The Morgan fingerprint density at radius 1 is 1.00 bits per heavy atom. The molecular formula is C10H26O5PSi5. The Kier molecular flexibility index (Phi) is 15.8. The fourth-order valence-corrected chi connectivity index (χ4v) is 10.8. The first-order valence-electron chi connectivity index (χ1n) is 6.92. The molecule has 0 spiro atoms. The van der Waals surface area contributed by atoms with Gasteiger partial charge in [0.25, 0.3) is 0 Å². The largest absolute Gasteiger partial charge is 0.469 e. The van der Waals surface area contributed by atoms with E-state index in [-0.39, 0.29) is 0 Å². The van der Waals surface area contributed by atoms with Crippen molar-refractivity contribution in [1.29, 1.82) is 0 Å². The van der Waals surface area contributed by atoms with Gasteiger partial charge in [0.2, 0.25) is 38.3 Å². The Morgan fingerprint density at radius 3 is 2.05 bits per heavy atom. The third-order valence-corrected chi connectivity index (χ3v) is 11.9. The standard InChI is InChI=1S/C10H26O5PSi5/c1-16-11-7-8-12-20(5)9-6-10-21(13-17-2,14-18-3)15-19-4/h16H,6-10H2,1-5H3. The van der Waals surface area contributed by atoms with Crippen molar-refractivity contribution in [3.63, 3.8) is 0 Å². The minimum atomic E-state index is -2.43. The molecule has 0 rings (SSSR count). The molecule has 21 heavy (non-hydrogen) atoms. The van der Waals surface area contributed by atoms with Crippen LogP contribution in [0.25, 0.3) is 0 Å². The van der Waals surface area contributed by atoms with E-state index in [1.807, 2.05) is 26.3 Å². The highest BCUT2D eigenvalue weighted by molar-refractivity contribution is 7.31. The van der Waals surface area contributed by atoms with Crippen molar-refractivity contribution < 1.29 is 21.3 Å². The minimum absolute atomic E-state index is 0.417. The summed E-state index contributed by atoms with van der Waals surface area (Å²) in [4.78, 5) is 0. The highest BCUT2D eigenvalue weighted by atomic mass is 31.1. The van der Waals surface area contributed by atoms with E-state index in [1.165, 1.54) is 0 Å². The summed E-state index contributed by atoms with van der Waals surface area (Å²) in [5.41, 5.74) is 0. The maximum Gasteiger partial charge on any atom is 0.469 e. The summed E-state index contributed by atoms with van der Waals surface area (Å²) in [7, 11) is -1.39. The van der Waals surface area contributed by atoms with Gasteiger partial charge in [0, 0.05) is 14.9 Å². The number of hydrogen-bond donors (Lipinski definition) is 0. The van der Waals surface area contributed by atoms with Crippen LogP contribution in [0.4, 0.5) is 0 Å². The van der Waals surface area contributed by atoms with E-state index < -0.39 is 17.8 Å². The van der Waals surface area contributed by atoms with Crippen molar-refractivity contribution in [3.8, 4) is 0 Å². The molecule has 0 saturated heterocycles. The summed E-state index contributed by atoms with van der Waals surface area (Å²) < 4.78 is 28.8. The minimum Gasteiger partial charge on any atom is -0.416 e. The second-order valence-electron chi connectivity index (χ2n) is 4.06. The maximum absolute atomic E-state index is 5.89. The van der Waals surface area contributed by atoms with Crippen LogP contribution in [0.3, 0.4) is 0 Å². The lowest BCUT2D eigenvalue weighted by Gasteiger charge is -2.29.